The van der Waals surface area contributed by atoms with Crippen molar-refractivity contribution in [1.82, 2.24) is 25.4 Å². The molecule has 120 valence electrons. The number of rotatable bonds is 4. The van der Waals surface area contributed by atoms with Gasteiger partial charge >= 0.3 is 0 Å². The Balaban J connectivity index is 1.57. The lowest BCUT2D eigenvalue weighted by atomic mass is 10.1. The number of nitrogens with zero attached hydrogens (tertiary/aromatic N) is 2. The maximum Gasteiger partial charge on any atom is 0.271 e. The number of H-pyrrole nitrogens is 3. The van der Waals surface area contributed by atoms with Gasteiger partial charge in [0.05, 0.1) is 10.9 Å². The van der Waals surface area contributed by atoms with Crippen LogP contribution in [0.15, 0.2) is 47.4 Å². The molecule has 0 aliphatic heterocycles. The number of anilines is 2. The van der Waals surface area contributed by atoms with Crippen LogP contribution in [0.25, 0.3) is 10.9 Å². The van der Waals surface area contributed by atoms with Gasteiger partial charge in [-0.1, -0.05) is 6.07 Å². The summed E-state index contributed by atoms with van der Waals surface area (Å²) in [4.78, 5) is 16.0. The Kier molecular flexibility index (Phi) is 3.38. The molecule has 0 unspecified atom stereocenters. The van der Waals surface area contributed by atoms with E-state index in [0.717, 1.165) is 34.0 Å². The molecule has 4 N–H and O–H groups in total. The van der Waals surface area contributed by atoms with Crippen LogP contribution in [0.3, 0.4) is 0 Å². The minimum atomic E-state index is -0.102. The van der Waals surface area contributed by atoms with E-state index in [1.807, 2.05) is 43.3 Å². The lowest BCUT2D eigenvalue weighted by molar-refractivity contribution is 1.05. The van der Waals surface area contributed by atoms with Crippen LogP contribution in [0.2, 0.25) is 0 Å². The average Bonchev–Trinajstić information content (AvgIpc) is 3.14. The number of fused-ring (bicyclic) bond motifs is 1. The summed E-state index contributed by atoms with van der Waals surface area (Å²) < 4.78 is 0. The zero-order chi connectivity index (χ0) is 16.5. The van der Waals surface area contributed by atoms with Crippen LogP contribution in [0, 0.1) is 6.92 Å². The largest absolute Gasteiger partial charge is 0.339 e. The summed E-state index contributed by atoms with van der Waals surface area (Å²) in [6.45, 7) is 1.96. The standard InChI is InChI=1S/C17H16N6O/c1-10-6-16(22-20-10)19-12-4-5-18-13(9-12)7-11-2-3-14-15(8-11)21-23-17(14)24/h2-6,8-9H,7H2,1H3,(H2,21,23,24)(H2,18,19,20,22). The number of hydrogen-bond acceptors (Lipinski definition) is 4. The van der Waals surface area contributed by atoms with E-state index in [2.05, 4.69) is 30.7 Å². The van der Waals surface area contributed by atoms with Crippen LogP contribution in [-0.2, 0) is 6.42 Å². The number of benzene rings is 1. The van der Waals surface area contributed by atoms with Crippen molar-refractivity contribution in [2.24, 2.45) is 0 Å². The molecule has 7 nitrogen and oxygen atoms in total. The lowest BCUT2D eigenvalue weighted by Crippen LogP contribution is -1.98. The van der Waals surface area contributed by atoms with Crippen molar-refractivity contribution in [2.45, 2.75) is 13.3 Å². The van der Waals surface area contributed by atoms with Crippen LogP contribution in [0.4, 0.5) is 11.5 Å². The Morgan fingerprint density at radius 1 is 1.12 bits per heavy atom. The molecule has 0 radical (unpaired) electrons. The van der Waals surface area contributed by atoms with Crippen molar-refractivity contribution in [2.75, 3.05) is 5.32 Å². The second-order valence-electron chi connectivity index (χ2n) is 5.73. The number of aryl methyl sites for hydroxylation is 1. The van der Waals surface area contributed by atoms with Crippen LogP contribution < -0.4 is 10.9 Å². The van der Waals surface area contributed by atoms with Gasteiger partial charge in [-0.3, -0.25) is 25.1 Å². The molecule has 7 heteroatoms. The molecule has 0 spiro atoms. The van der Waals surface area contributed by atoms with Gasteiger partial charge < -0.3 is 5.32 Å². The average molecular weight is 320 g/mol. The molecule has 0 bridgehead atoms. The Hall–Kier alpha value is -3.35. The van der Waals surface area contributed by atoms with Gasteiger partial charge in [0.2, 0.25) is 0 Å². The molecule has 0 amide bonds. The van der Waals surface area contributed by atoms with Crippen molar-refractivity contribution >= 4 is 22.4 Å². The number of aromatic amines is 3. The molecule has 3 aromatic heterocycles. The highest BCUT2D eigenvalue weighted by atomic mass is 16.1. The van der Waals surface area contributed by atoms with Crippen molar-refractivity contribution in [1.29, 1.82) is 0 Å². The summed E-state index contributed by atoms with van der Waals surface area (Å²) in [5, 5.41) is 16.5. The van der Waals surface area contributed by atoms with Crippen LogP contribution in [-0.4, -0.2) is 25.4 Å². The second-order valence-corrected chi connectivity index (χ2v) is 5.73. The van der Waals surface area contributed by atoms with E-state index in [9.17, 15) is 4.79 Å². The second kappa shape index (κ2) is 5.69. The van der Waals surface area contributed by atoms with Gasteiger partial charge in [-0.05, 0) is 36.8 Å². The fourth-order valence-electron chi connectivity index (χ4n) is 2.69. The third-order valence-electron chi connectivity index (χ3n) is 3.82. The molecule has 4 aromatic rings. The van der Waals surface area contributed by atoms with Crippen LogP contribution >= 0.6 is 0 Å². The molecular formula is C17H16N6O. The third kappa shape index (κ3) is 2.79. The van der Waals surface area contributed by atoms with E-state index in [4.69, 9.17) is 0 Å². The van der Waals surface area contributed by atoms with Gasteiger partial charge in [-0.25, -0.2) is 0 Å². The molecule has 24 heavy (non-hydrogen) atoms. The number of pyridine rings is 1. The molecule has 1 aromatic carbocycles. The lowest BCUT2D eigenvalue weighted by Gasteiger charge is -2.06. The van der Waals surface area contributed by atoms with Crippen molar-refractivity contribution in [3.8, 4) is 0 Å². The molecule has 0 atom stereocenters. The Bertz CT molecular complexity index is 1060. The highest BCUT2D eigenvalue weighted by molar-refractivity contribution is 5.78. The van der Waals surface area contributed by atoms with Gasteiger partial charge in [0.1, 0.15) is 0 Å². The zero-order valence-electron chi connectivity index (χ0n) is 13.1. The van der Waals surface area contributed by atoms with Crippen molar-refractivity contribution in [3.05, 3.63) is 69.9 Å². The van der Waals surface area contributed by atoms with Crippen molar-refractivity contribution in [3.63, 3.8) is 0 Å². The van der Waals surface area contributed by atoms with Gasteiger partial charge in [-0.2, -0.15) is 5.10 Å². The topological polar surface area (TPSA) is 102 Å². The maximum atomic E-state index is 11.6. The molecule has 0 saturated heterocycles. The molecule has 0 saturated carbocycles. The highest BCUT2D eigenvalue weighted by Crippen LogP contribution is 2.18. The van der Waals surface area contributed by atoms with Gasteiger partial charge in [-0.15, -0.1) is 0 Å². The van der Waals surface area contributed by atoms with E-state index in [-0.39, 0.29) is 5.56 Å². The first-order chi connectivity index (χ1) is 11.7. The molecule has 0 aliphatic carbocycles. The zero-order valence-corrected chi connectivity index (χ0v) is 13.1. The first kappa shape index (κ1) is 14.3. The Labute approximate surface area is 137 Å². The number of hydrogen-bond donors (Lipinski definition) is 4. The van der Waals surface area contributed by atoms with Crippen molar-refractivity contribution < 1.29 is 0 Å². The van der Waals surface area contributed by atoms with Gasteiger partial charge in [0.15, 0.2) is 5.82 Å². The summed E-state index contributed by atoms with van der Waals surface area (Å²) in [5.41, 5.74) is 4.65. The summed E-state index contributed by atoms with van der Waals surface area (Å²) in [6, 6.07) is 11.6. The monoisotopic (exact) mass is 320 g/mol. The predicted molar refractivity (Wildman–Crippen MR) is 92.6 cm³/mol. The van der Waals surface area contributed by atoms with E-state index in [1.165, 1.54) is 0 Å². The first-order valence-electron chi connectivity index (χ1n) is 7.60. The Morgan fingerprint density at radius 2 is 2.04 bits per heavy atom. The van der Waals surface area contributed by atoms with Crippen LogP contribution in [0.1, 0.15) is 17.0 Å². The molecule has 4 rings (SSSR count). The number of nitrogens with one attached hydrogen (secondary N) is 4. The minimum Gasteiger partial charge on any atom is -0.339 e. The predicted octanol–water partition coefficient (Wildman–Crippen LogP) is 2.62. The van der Waals surface area contributed by atoms with Gasteiger partial charge in [0.25, 0.3) is 5.56 Å². The third-order valence-corrected chi connectivity index (χ3v) is 3.82. The smallest absolute Gasteiger partial charge is 0.271 e. The normalized spacial score (nSPS) is 11.0. The maximum absolute atomic E-state index is 11.6. The fourth-order valence-corrected chi connectivity index (χ4v) is 2.69. The quantitative estimate of drug-likeness (QED) is 0.464. The summed E-state index contributed by atoms with van der Waals surface area (Å²) in [5.74, 6) is 0.774. The molecule has 0 aliphatic rings. The van der Waals surface area contributed by atoms with E-state index < -0.39 is 0 Å². The highest BCUT2D eigenvalue weighted by Gasteiger charge is 2.05. The summed E-state index contributed by atoms with van der Waals surface area (Å²) in [6.07, 6.45) is 2.45. The number of aromatic nitrogens is 5. The SMILES string of the molecule is Cc1cc(Nc2ccnc(Cc3ccc4c(=O)[nH][nH]c4c3)c2)n[nH]1. The summed E-state index contributed by atoms with van der Waals surface area (Å²) in [7, 11) is 0. The van der Waals surface area contributed by atoms with E-state index in [0.29, 0.717) is 11.8 Å². The van der Waals surface area contributed by atoms with Gasteiger partial charge in [0, 0.05) is 35.8 Å². The first-order valence-corrected chi connectivity index (χ1v) is 7.60. The molecular weight excluding hydrogens is 304 g/mol. The van der Waals surface area contributed by atoms with E-state index >= 15 is 0 Å². The molecule has 3 heterocycles. The van der Waals surface area contributed by atoms with E-state index in [1.54, 1.807) is 6.20 Å². The minimum absolute atomic E-state index is 0.102. The Morgan fingerprint density at radius 3 is 2.88 bits per heavy atom. The summed E-state index contributed by atoms with van der Waals surface area (Å²) >= 11 is 0. The fraction of sp³-hybridized carbons (Fsp3) is 0.118. The van der Waals surface area contributed by atoms with Crippen LogP contribution in [0.5, 0.6) is 0 Å². The molecule has 0 fully saturated rings.